The lowest BCUT2D eigenvalue weighted by Gasteiger charge is -2.29. The lowest BCUT2D eigenvalue weighted by atomic mass is 9.94. The van der Waals surface area contributed by atoms with Crippen LogP contribution in [0.5, 0.6) is 0 Å². The Hall–Kier alpha value is -2.78. The molecule has 31 heavy (non-hydrogen) atoms. The quantitative estimate of drug-likeness (QED) is 0.509. The number of likely N-dealkylation sites (tertiary alicyclic amines) is 1. The van der Waals surface area contributed by atoms with Crippen LogP contribution in [0.3, 0.4) is 0 Å². The summed E-state index contributed by atoms with van der Waals surface area (Å²) in [6, 6.07) is 4.83. The van der Waals surface area contributed by atoms with Gasteiger partial charge in [0.15, 0.2) is 0 Å². The number of nitrogens with one attached hydrogen (secondary N) is 2. The number of hydrogen-bond donors (Lipinski definition) is 3. The van der Waals surface area contributed by atoms with Gasteiger partial charge in [-0.25, -0.2) is 9.18 Å². The highest BCUT2D eigenvalue weighted by molar-refractivity contribution is 6.31. The summed E-state index contributed by atoms with van der Waals surface area (Å²) in [5.41, 5.74) is -1.11. The third-order valence-corrected chi connectivity index (χ3v) is 5.63. The van der Waals surface area contributed by atoms with Gasteiger partial charge in [-0.15, -0.1) is 0 Å². The van der Waals surface area contributed by atoms with Crippen molar-refractivity contribution in [1.82, 2.24) is 15.1 Å². The number of piperidine rings is 1. The summed E-state index contributed by atoms with van der Waals surface area (Å²) in [6.45, 7) is 1.03. The zero-order valence-electron chi connectivity index (χ0n) is 16.3. The number of anilines is 1. The van der Waals surface area contributed by atoms with Gasteiger partial charge in [0.1, 0.15) is 11.9 Å². The average Bonchev–Trinajstić information content (AvgIpc) is 3.22. The summed E-state index contributed by atoms with van der Waals surface area (Å²) < 4.78 is 44.9. The first-order valence-electron chi connectivity index (χ1n) is 9.81. The molecular formula is C21H20ClF3N4O2. The van der Waals surface area contributed by atoms with E-state index in [-0.39, 0.29) is 21.8 Å². The zero-order valence-corrected chi connectivity index (χ0v) is 17.1. The highest BCUT2D eigenvalue weighted by Crippen LogP contribution is 2.45. The van der Waals surface area contributed by atoms with E-state index in [0.717, 1.165) is 31.4 Å². The minimum Gasteiger partial charge on any atom is -0.382 e. The van der Waals surface area contributed by atoms with Crippen LogP contribution in [-0.4, -0.2) is 39.3 Å². The van der Waals surface area contributed by atoms with Crippen LogP contribution < -0.4 is 5.32 Å². The lowest BCUT2D eigenvalue weighted by molar-refractivity contribution is -0.116. The Labute approximate surface area is 181 Å². The van der Waals surface area contributed by atoms with Gasteiger partial charge >= 0.3 is 12.0 Å². The first kappa shape index (κ1) is 21.5. The van der Waals surface area contributed by atoms with E-state index in [0.29, 0.717) is 24.5 Å². The Bertz CT molecular complexity index is 1120. The highest BCUT2D eigenvalue weighted by atomic mass is 35.5. The third kappa shape index (κ3) is 4.20. The molecule has 0 saturated carbocycles. The molecule has 1 aromatic heterocycles. The number of aliphatic hydroxyl groups is 1. The van der Waals surface area contributed by atoms with Crippen molar-refractivity contribution in [3.05, 3.63) is 58.5 Å². The molecule has 2 aromatic carbocycles. The number of hydrogen-bond acceptors (Lipinski definition) is 3. The normalized spacial score (nSPS) is 15.8. The molecule has 1 saturated heterocycles. The first-order chi connectivity index (χ1) is 14.8. The molecule has 1 unspecified atom stereocenters. The summed E-state index contributed by atoms with van der Waals surface area (Å²) in [5, 5.41) is 20.0. The number of amides is 2. The van der Waals surface area contributed by atoms with E-state index in [4.69, 9.17) is 11.6 Å². The molecule has 2 heterocycles. The topological polar surface area (TPSA) is 81.2 Å². The van der Waals surface area contributed by atoms with Gasteiger partial charge in [-0.3, -0.25) is 5.10 Å². The number of urea groups is 1. The number of aromatic nitrogens is 2. The molecule has 1 fully saturated rings. The lowest BCUT2D eigenvalue weighted by Crippen LogP contribution is -2.39. The maximum Gasteiger partial charge on any atom is 0.321 e. The number of carbonyl (C=O) groups is 1. The van der Waals surface area contributed by atoms with Crippen LogP contribution in [0.1, 0.15) is 36.5 Å². The second-order valence-corrected chi connectivity index (χ2v) is 7.96. The van der Waals surface area contributed by atoms with Crippen LogP contribution in [0.15, 0.2) is 36.5 Å². The number of aromatic amines is 1. The number of fused-ring (bicyclic) bond motifs is 1. The zero-order chi connectivity index (χ0) is 22.2. The predicted octanol–water partition coefficient (Wildman–Crippen LogP) is 5.20. The molecule has 0 radical (unpaired) electrons. The Balaban J connectivity index is 1.70. The predicted molar refractivity (Wildman–Crippen MR) is 111 cm³/mol. The van der Waals surface area contributed by atoms with Crippen molar-refractivity contribution in [1.29, 1.82) is 0 Å². The molecule has 0 bridgehead atoms. The SMILES string of the molecule is O=C(Nc1ccc(F)cc1C(F)(F)C(O)c1cc(Cl)cc2cn[nH]c12)N1CCCCC1. The molecule has 3 N–H and O–H groups in total. The number of halogens is 4. The molecule has 1 aliphatic heterocycles. The third-order valence-electron chi connectivity index (χ3n) is 5.41. The smallest absolute Gasteiger partial charge is 0.321 e. The maximum atomic E-state index is 15.5. The Morgan fingerprint density at radius 1 is 1.23 bits per heavy atom. The molecule has 1 aliphatic rings. The maximum absolute atomic E-state index is 15.5. The largest absolute Gasteiger partial charge is 0.382 e. The molecule has 4 rings (SSSR count). The molecule has 164 valence electrons. The van der Waals surface area contributed by atoms with Crippen LogP contribution in [0.25, 0.3) is 10.9 Å². The van der Waals surface area contributed by atoms with E-state index in [1.54, 1.807) is 0 Å². The van der Waals surface area contributed by atoms with Crippen molar-refractivity contribution < 1.29 is 23.1 Å². The van der Waals surface area contributed by atoms with Crippen LogP contribution in [0.4, 0.5) is 23.7 Å². The summed E-state index contributed by atoms with van der Waals surface area (Å²) in [7, 11) is 0. The number of H-pyrrole nitrogens is 1. The van der Waals surface area contributed by atoms with Crippen molar-refractivity contribution >= 4 is 34.2 Å². The summed E-state index contributed by atoms with van der Waals surface area (Å²) in [4.78, 5) is 14.1. The van der Waals surface area contributed by atoms with Gasteiger partial charge in [0.25, 0.3) is 0 Å². The van der Waals surface area contributed by atoms with Crippen molar-refractivity contribution in [2.24, 2.45) is 0 Å². The highest BCUT2D eigenvalue weighted by Gasteiger charge is 2.45. The van der Waals surface area contributed by atoms with E-state index in [1.165, 1.54) is 23.2 Å². The number of rotatable bonds is 4. The molecule has 2 amide bonds. The number of nitrogens with zero attached hydrogens (tertiary/aromatic N) is 2. The number of carbonyl (C=O) groups excluding carboxylic acids is 1. The van der Waals surface area contributed by atoms with Crippen molar-refractivity contribution in [2.75, 3.05) is 18.4 Å². The summed E-state index contributed by atoms with van der Waals surface area (Å²) in [6.07, 6.45) is 1.67. The monoisotopic (exact) mass is 452 g/mol. The summed E-state index contributed by atoms with van der Waals surface area (Å²) >= 11 is 6.01. The van der Waals surface area contributed by atoms with Crippen molar-refractivity contribution in [3.8, 4) is 0 Å². The van der Waals surface area contributed by atoms with Crippen LogP contribution in [0, 0.1) is 5.82 Å². The minimum absolute atomic E-state index is 0.136. The first-order valence-corrected chi connectivity index (χ1v) is 10.2. The molecule has 6 nitrogen and oxygen atoms in total. The Morgan fingerprint density at radius 2 is 1.97 bits per heavy atom. The number of benzene rings is 2. The molecule has 3 aromatic rings. The second-order valence-electron chi connectivity index (χ2n) is 7.52. The van der Waals surface area contributed by atoms with E-state index >= 15 is 8.78 Å². The van der Waals surface area contributed by atoms with Gasteiger partial charge < -0.3 is 15.3 Å². The Morgan fingerprint density at radius 3 is 2.71 bits per heavy atom. The Kier molecular flexibility index (Phi) is 5.81. The van der Waals surface area contributed by atoms with E-state index in [2.05, 4.69) is 15.5 Å². The number of aliphatic hydroxyl groups excluding tert-OH is 1. The van der Waals surface area contributed by atoms with Gasteiger partial charge in [0.2, 0.25) is 0 Å². The molecule has 0 spiro atoms. The van der Waals surface area contributed by atoms with E-state index in [1.807, 2.05) is 0 Å². The van der Waals surface area contributed by atoms with Crippen LogP contribution >= 0.6 is 11.6 Å². The fraction of sp³-hybridized carbons (Fsp3) is 0.333. The molecule has 10 heteroatoms. The van der Waals surface area contributed by atoms with Gasteiger partial charge in [0, 0.05) is 29.1 Å². The fourth-order valence-corrected chi connectivity index (χ4v) is 4.03. The molecule has 0 aliphatic carbocycles. The van der Waals surface area contributed by atoms with Gasteiger partial charge in [-0.2, -0.15) is 13.9 Å². The van der Waals surface area contributed by atoms with Crippen molar-refractivity contribution in [3.63, 3.8) is 0 Å². The molecular weight excluding hydrogens is 433 g/mol. The minimum atomic E-state index is -3.95. The fourth-order valence-electron chi connectivity index (χ4n) is 3.80. The van der Waals surface area contributed by atoms with Crippen molar-refractivity contribution in [2.45, 2.75) is 31.3 Å². The van der Waals surface area contributed by atoms with Crippen LogP contribution in [-0.2, 0) is 5.92 Å². The standard InChI is InChI=1S/C21H20ClF3N4O2/c22-13-8-12-11-26-28-18(12)15(9-13)19(30)21(24,25)16-10-14(23)4-5-17(16)27-20(31)29-6-2-1-3-7-29/h4-5,8-11,19,30H,1-3,6-7H2,(H,26,28)(H,27,31). The average molecular weight is 453 g/mol. The molecule has 1 atom stereocenters. The van der Waals surface area contributed by atoms with Crippen LogP contribution in [0.2, 0.25) is 5.02 Å². The van der Waals surface area contributed by atoms with E-state index < -0.39 is 29.4 Å². The summed E-state index contributed by atoms with van der Waals surface area (Å²) in [5.74, 6) is -4.87. The number of alkyl halides is 2. The van der Waals surface area contributed by atoms with E-state index in [9.17, 15) is 14.3 Å². The van der Waals surface area contributed by atoms with Gasteiger partial charge in [-0.05, 0) is 49.6 Å². The van der Waals surface area contributed by atoms with Gasteiger partial charge in [-0.1, -0.05) is 11.6 Å². The second kappa shape index (κ2) is 8.39. The van der Waals surface area contributed by atoms with Gasteiger partial charge in [0.05, 0.1) is 23.0 Å².